The fraction of sp³-hybridized carbons (Fsp3) is 0.500. The highest BCUT2D eigenvalue weighted by molar-refractivity contribution is 7.16. The van der Waals surface area contributed by atoms with Crippen molar-refractivity contribution in [1.29, 1.82) is 0 Å². The zero-order chi connectivity index (χ0) is 13.0. The van der Waals surface area contributed by atoms with Gasteiger partial charge in [-0.25, -0.2) is 4.98 Å². The first kappa shape index (κ1) is 13.0. The molecule has 3 N–H and O–H groups in total. The van der Waals surface area contributed by atoms with E-state index >= 15 is 0 Å². The Morgan fingerprint density at radius 1 is 1.72 bits per heavy atom. The maximum atomic E-state index is 11.9. The van der Waals surface area contributed by atoms with E-state index in [1.165, 1.54) is 11.3 Å². The Kier molecular flexibility index (Phi) is 4.31. The van der Waals surface area contributed by atoms with Crippen molar-refractivity contribution in [2.24, 2.45) is 5.73 Å². The molecule has 0 spiro atoms. The zero-order valence-electron chi connectivity index (χ0n) is 10.1. The van der Waals surface area contributed by atoms with Crippen LogP contribution in [0, 0.1) is 11.8 Å². The van der Waals surface area contributed by atoms with E-state index in [4.69, 9.17) is 10.5 Å². The molecule has 0 bridgehead atoms. The number of hydrogen-bond acceptors (Lipinski definition) is 5. The summed E-state index contributed by atoms with van der Waals surface area (Å²) in [4.78, 5) is 16.7. The van der Waals surface area contributed by atoms with Crippen LogP contribution >= 0.6 is 11.3 Å². The standard InChI is InChI=1S/C12H15N3O2S/c1-8-4-5-10(17-8)11(16)15-12-14-7-9(18-12)3-2-6-13/h7-8,10H,4-6,13H2,1H3,(H,14,15,16). The minimum atomic E-state index is -0.359. The highest BCUT2D eigenvalue weighted by Gasteiger charge is 2.28. The van der Waals surface area contributed by atoms with E-state index in [1.807, 2.05) is 6.92 Å². The van der Waals surface area contributed by atoms with Crippen molar-refractivity contribution in [2.45, 2.75) is 32.0 Å². The molecule has 1 aliphatic rings. The number of nitrogens with two attached hydrogens (primary N) is 1. The highest BCUT2D eigenvalue weighted by atomic mass is 32.1. The van der Waals surface area contributed by atoms with Gasteiger partial charge in [0.05, 0.1) is 23.7 Å². The molecule has 5 nitrogen and oxygen atoms in total. The second-order valence-corrected chi connectivity index (χ2v) is 5.07. The largest absolute Gasteiger partial charge is 0.365 e. The summed E-state index contributed by atoms with van der Waals surface area (Å²) >= 11 is 1.33. The molecule has 1 aromatic rings. The van der Waals surface area contributed by atoms with E-state index in [1.54, 1.807) is 6.20 Å². The molecule has 0 aromatic carbocycles. The van der Waals surface area contributed by atoms with Gasteiger partial charge in [-0.1, -0.05) is 23.2 Å². The predicted octanol–water partition coefficient (Wildman–Crippen LogP) is 0.959. The molecule has 1 amide bonds. The van der Waals surface area contributed by atoms with Crippen molar-refractivity contribution in [1.82, 2.24) is 4.98 Å². The van der Waals surface area contributed by atoms with E-state index in [9.17, 15) is 4.79 Å². The number of amides is 1. The molecule has 2 unspecified atom stereocenters. The van der Waals surface area contributed by atoms with Gasteiger partial charge in [0, 0.05) is 0 Å². The van der Waals surface area contributed by atoms with Gasteiger partial charge in [-0.15, -0.1) is 0 Å². The molecule has 0 saturated carbocycles. The number of anilines is 1. The first-order valence-corrected chi connectivity index (χ1v) is 6.62. The summed E-state index contributed by atoms with van der Waals surface area (Å²) in [5.41, 5.74) is 5.28. The number of thiazole rings is 1. The van der Waals surface area contributed by atoms with E-state index in [0.717, 1.165) is 17.7 Å². The molecule has 1 aliphatic heterocycles. The predicted molar refractivity (Wildman–Crippen MR) is 70.2 cm³/mol. The lowest BCUT2D eigenvalue weighted by atomic mass is 10.2. The number of hydrogen-bond donors (Lipinski definition) is 2. The molecule has 2 heterocycles. The van der Waals surface area contributed by atoms with Crippen LogP contribution in [0.25, 0.3) is 0 Å². The summed E-state index contributed by atoms with van der Waals surface area (Å²) < 4.78 is 5.49. The lowest BCUT2D eigenvalue weighted by Crippen LogP contribution is -2.27. The van der Waals surface area contributed by atoms with Crippen LogP contribution in [0.3, 0.4) is 0 Å². The van der Waals surface area contributed by atoms with Crippen LogP contribution in [0.1, 0.15) is 24.6 Å². The van der Waals surface area contributed by atoms with Crippen LogP contribution in [0.15, 0.2) is 6.20 Å². The van der Waals surface area contributed by atoms with Crippen LogP contribution in [-0.2, 0) is 9.53 Å². The number of nitrogens with zero attached hydrogens (tertiary/aromatic N) is 1. The average Bonchev–Trinajstić information content (AvgIpc) is 2.96. The fourth-order valence-electron chi connectivity index (χ4n) is 1.71. The number of rotatable bonds is 2. The zero-order valence-corrected chi connectivity index (χ0v) is 10.9. The number of carbonyl (C=O) groups excluding carboxylic acids is 1. The van der Waals surface area contributed by atoms with Crippen molar-refractivity contribution in [3.63, 3.8) is 0 Å². The van der Waals surface area contributed by atoms with E-state index in [0.29, 0.717) is 11.7 Å². The van der Waals surface area contributed by atoms with E-state index < -0.39 is 0 Å². The van der Waals surface area contributed by atoms with Gasteiger partial charge in [0.25, 0.3) is 5.91 Å². The maximum absolute atomic E-state index is 11.9. The lowest BCUT2D eigenvalue weighted by Gasteiger charge is -2.09. The minimum Gasteiger partial charge on any atom is -0.365 e. The molecular weight excluding hydrogens is 250 g/mol. The summed E-state index contributed by atoms with van der Waals surface area (Å²) in [7, 11) is 0. The first-order chi connectivity index (χ1) is 8.69. The fourth-order valence-corrected chi connectivity index (χ4v) is 2.40. The molecular formula is C12H15N3O2S. The van der Waals surface area contributed by atoms with Crippen molar-refractivity contribution < 1.29 is 9.53 Å². The van der Waals surface area contributed by atoms with Gasteiger partial charge < -0.3 is 10.5 Å². The Bertz CT molecular complexity index is 489. The normalized spacial score (nSPS) is 22.3. The quantitative estimate of drug-likeness (QED) is 0.781. The van der Waals surface area contributed by atoms with Crippen molar-refractivity contribution in [3.05, 3.63) is 11.1 Å². The Morgan fingerprint density at radius 2 is 2.56 bits per heavy atom. The summed E-state index contributed by atoms with van der Waals surface area (Å²) in [6, 6.07) is 0. The molecule has 0 aliphatic carbocycles. The van der Waals surface area contributed by atoms with Gasteiger partial charge in [-0.3, -0.25) is 10.1 Å². The lowest BCUT2D eigenvalue weighted by molar-refractivity contribution is -0.126. The maximum Gasteiger partial charge on any atom is 0.255 e. The van der Waals surface area contributed by atoms with Gasteiger partial charge >= 0.3 is 0 Å². The molecule has 1 saturated heterocycles. The van der Waals surface area contributed by atoms with Crippen LogP contribution in [0.4, 0.5) is 5.13 Å². The molecule has 2 atom stereocenters. The van der Waals surface area contributed by atoms with Crippen molar-refractivity contribution >= 4 is 22.4 Å². The smallest absolute Gasteiger partial charge is 0.255 e. The van der Waals surface area contributed by atoms with Gasteiger partial charge in [0.1, 0.15) is 6.10 Å². The number of carbonyl (C=O) groups is 1. The Balaban J connectivity index is 1.93. The van der Waals surface area contributed by atoms with Gasteiger partial charge in [0.15, 0.2) is 5.13 Å². The third-order valence-corrected chi connectivity index (χ3v) is 3.40. The second-order valence-electron chi connectivity index (χ2n) is 4.04. The van der Waals surface area contributed by atoms with Gasteiger partial charge in [-0.2, -0.15) is 0 Å². The number of aromatic nitrogens is 1. The molecule has 6 heteroatoms. The number of nitrogens with one attached hydrogen (secondary N) is 1. The van der Waals surface area contributed by atoms with E-state index in [-0.39, 0.29) is 18.1 Å². The van der Waals surface area contributed by atoms with Crippen LogP contribution in [-0.4, -0.2) is 29.6 Å². The summed E-state index contributed by atoms with van der Waals surface area (Å²) in [5.74, 6) is 5.48. The molecule has 2 rings (SSSR count). The Morgan fingerprint density at radius 3 is 3.22 bits per heavy atom. The first-order valence-electron chi connectivity index (χ1n) is 5.80. The number of ether oxygens (including phenoxy) is 1. The minimum absolute atomic E-state index is 0.132. The molecule has 96 valence electrons. The third-order valence-electron chi connectivity index (χ3n) is 2.57. The summed E-state index contributed by atoms with van der Waals surface area (Å²) in [5, 5.41) is 3.29. The van der Waals surface area contributed by atoms with Gasteiger partial charge in [0.2, 0.25) is 0 Å². The van der Waals surface area contributed by atoms with Gasteiger partial charge in [-0.05, 0) is 19.8 Å². The van der Waals surface area contributed by atoms with Crippen molar-refractivity contribution in [3.8, 4) is 11.8 Å². The van der Waals surface area contributed by atoms with E-state index in [2.05, 4.69) is 22.1 Å². The summed E-state index contributed by atoms with van der Waals surface area (Å²) in [6.07, 6.45) is 3.10. The van der Waals surface area contributed by atoms with Crippen molar-refractivity contribution in [2.75, 3.05) is 11.9 Å². The summed E-state index contributed by atoms with van der Waals surface area (Å²) in [6.45, 7) is 2.28. The average molecular weight is 265 g/mol. The topological polar surface area (TPSA) is 77.2 Å². The van der Waals surface area contributed by atoms with Crippen LogP contribution in [0.2, 0.25) is 0 Å². The van der Waals surface area contributed by atoms with Crippen LogP contribution in [0.5, 0.6) is 0 Å². The molecule has 18 heavy (non-hydrogen) atoms. The van der Waals surface area contributed by atoms with Crippen LogP contribution < -0.4 is 11.1 Å². The monoisotopic (exact) mass is 265 g/mol. The Labute approximate surface area is 110 Å². The Hall–Kier alpha value is -1.42. The highest BCUT2D eigenvalue weighted by Crippen LogP contribution is 2.22. The third kappa shape index (κ3) is 3.29. The molecule has 1 fully saturated rings. The second kappa shape index (κ2) is 5.96. The SMILES string of the molecule is CC1CCC(C(=O)Nc2ncc(C#CCN)s2)O1. The molecule has 0 radical (unpaired) electrons. The molecule has 1 aromatic heterocycles.